The van der Waals surface area contributed by atoms with Crippen molar-refractivity contribution in [3.63, 3.8) is 0 Å². The molecule has 1 radical (unpaired) electrons. The Morgan fingerprint density at radius 1 is 0.769 bits per heavy atom. The SMILES string of the molecule is C[CH]CCCCCCCCCC.[NaH]. The fourth-order valence-electron chi connectivity index (χ4n) is 1.48. The Hall–Kier alpha value is 1.00. The standard InChI is InChI=1S/C12H25.Na.H/c1-3-5-7-9-11-12-10-8-6-4-2;;/h3H,4-12H2,1-2H3;;. The Balaban J connectivity index is 0. The van der Waals surface area contributed by atoms with Crippen LogP contribution in [0.4, 0.5) is 0 Å². The van der Waals surface area contributed by atoms with E-state index in [4.69, 9.17) is 0 Å². The Kier molecular flexibility index (Phi) is 19.6. The van der Waals surface area contributed by atoms with Crippen LogP contribution in [0.5, 0.6) is 0 Å². The first-order valence-corrected chi connectivity index (χ1v) is 5.69. The van der Waals surface area contributed by atoms with E-state index < -0.39 is 0 Å². The summed E-state index contributed by atoms with van der Waals surface area (Å²) in [6.07, 6.45) is 15.1. The number of hydrogen-bond donors (Lipinski definition) is 0. The monoisotopic (exact) mass is 193 g/mol. The predicted octanol–water partition coefficient (Wildman–Crippen LogP) is 4.09. The zero-order chi connectivity index (χ0) is 9.07. The first kappa shape index (κ1) is 16.4. The van der Waals surface area contributed by atoms with Gasteiger partial charge in [-0.25, -0.2) is 0 Å². The molecule has 13 heavy (non-hydrogen) atoms. The fourth-order valence-corrected chi connectivity index (χ4v) is 1.48. The number of unbranched alkanes of at least 4 members (excludes halogenated alkanes) is 9. The molecule has 0 aromatic rings. The molecule has 0 fully saturated rings. The third-order valence-corrected chi connectivity index (χ3v) is 2.35. The van der Waals surface area contributed by atoms with Crippen molar-refractivity contribution in [2.75, 3.05) is 0 Å². The van der Waals surface area contributed by atoms with Crippen LogP contribution in [-0.2, 0) is 0 Å². The molecule has 0 N–H and O–H groups in total. The summed E-state index contributed by atoms with van der Waals surface area (Å²) in [7, 11) is 0. The van der Waals surface area contributed by atoms with Gasteiger partial charge in [-0.2, -0.15) is 0 Å². The molecule has 75 valence electrons. The average molecular weight is 193 g/mol. The molecule has 0 aliphatic rings. The minimum absolute atomic E-state index is 0. The second-order valence-electron chi connectivity index (χ2n) is 3.67. The molecule has 0 amide bonds. The maximum absolute atomic E-state index is 2.27. The number of rotatable bonds is 9. The quantitative estimate of drug-likeness (QED) is 0.382. The van der Waals surface area contributed by atoms with Gasteiger partial charge in [0.15, 0.2) is 0 Å². The Morgan fingerprint density at radius 3 is 1.69 bits per heavy atom. The van der Waals surface area contributed by atoms with Crippen LogP contribution in [0.3, 0.4) is 0 Å². The molecule has 1 heteroatoms. The van der Waals surface area contributed by atoms with Crippen LogP contribution in [0.25, 0.3) is 0 Å². The van der Waals surface area contributed by atoms with Crippen molar-refractivity contribution in [1.29, 1.82) is 0 Å². The molecule has 0 bridgehead atoms. The summed E-state index contributed by atoms with van der Waals surface area (Å²) in [5.74, 6) is 0. The van der Waals surface area contributed by atoms with E-state index in [0.717, 1.165) is 0 Å². The zero-order valence-corrected chi connectivity index (χ0v) is 8.94. The van der Waals surface area contributed by atoms with E-state index in [2.05, 4.69) is 20.3 Å². The molecule has 0 unspecified atom stereocenters. The molecule has 0 aliphatic carbocycles. The van der Waals surface area contributed by atoms with Gasteiger partial charge in [0.05, 0.1) is 0 Å². The van der Waals surface area contributed by atoms with E-state index in [1.807, 2.05) is 0 Å². The summed E-state index contributed by atoms with van der Waals surface area (Å²) in [6, 6.07) is 0. The molecular weight excluding hydrogens is 167 g/mol. The number of hydrogen-bond acceptors (Lipinski definition) is 0. The van der Waals surface area contributed by atoms with Crippen molar-refractivity contribution in [3.05, 3.63) is 6.42 Å². The predicted molar refractivity (Wildman–Crippen MR) is 64.4 cm³/mol. The molecule has 0 aromatic carbocycles. The molecule has 0 saturated heterocycles. The van der Waals surface area contributed by atoms with Crippen molar-refractivity contribution in [3.8, 4) is 0 Å². The van der Waals surface area contributed by atoms with E-state index >= 15 is 0 Å². The van der Waals surface area contributed by atoms with Gasteiger partial charge in [-0.1, -0.05) is 71.6 Å². The first-order valence-electron chi connectivity index (χ1n) is 5.69. The Labute approximate surface area is 107 Å². The Morgan fingerprint density at radius 2 is 1.23 bits per heavy atom. The topological polar surface area (TPSA) is 0 Å². The third kappa shape index (κ3) is 15.7. The summed E-state index contributed by atoms with van der Waals surface area (Å²) in [5.41, 5.74) is 0. The minimum atomic E-state index is 0. The fraction of sp³-hybridized carbons (Fsp3) is 0.917. The van der Waals surface area contributed by atoms with Gasteiger partial charge in [0.25, 0.3) is 0 Å². The van der Waals surface area contributed by atoms with Crippen LogP contribution in [0.1, 0.15) is 71.6 Å². The van der Waals surface area contributed by atoms with Gasteiger partial charge in [-0.3, -0.25) is 0 Å². The maximum atomic E-state index is 2.27. The second-order valence-corrected chi connectivity index (χ2v) is 3.67. The van der Waals surface area contributed by atoms with Crippen LogP contribution in [-0.4, -0.2) is 29.6 Å². The van der Waals surface area contributed by atoms with Crippen molar-refractivity contribution < 1.29 is 0 Å². The van der Waals surface area contributed by atoms with E-state index in [1.165, 1.54) is 57.8 Å². The van der Waals surface area contributed by atoms with Gasteiger partial charge in [-0.15, -0.1) is 0 Å². The van der Waals surface area contributed by atoms with E-state index in [-0.39, 0.29) is 29.6 Å². The van der Waals surface area contributed by atoms with Gasteiger partial charge in [0.2, 0.25) is 0 Å². The zero-order valence-electron chi connectivity index (χ0n) is 8.94. The molecule has 0 aromatic heterocycles. The third-order valence-electron chi connectivity index (χ3n) is 2.35. The second kappa shape index (κ2) is 15.5. The van der Waals surface area contributed by atoms with Crippen LogP contribution in [0, 0.1) is 6.42 Å². The van der Waals surface area contributed by atoms with Gasteiger partial charge in [-0.05, 0) is 6.42 Å². The van der Waals surface area contributed by atoms with Crippen LogP contribution >= 0.6 is 0 Å². The van der Waals surface area contributed by atoms with E-state index in [1.54, 1.807) is 0 Å². The molecule has 0 rings (SSSR count). The van der Waals surface area contributed by atoms with Gasteiger partial charge in [0, 0.05) is 0 Å². The van der Waals surface area contributed by atoms with E-state index in [0.29, 0.717) is 0 Å². The van der Waals surface area contributed by atoms with Crippen molar-refractivity contribution in [2.24, 2.45) is 0 Å². The average Bonchev–Trinajstić information content (AvgIpc) is 2.10. The molecule has 0 saturated carbocycles. The van der Waals surface area contributed by atoms with Crippen molar-refractivity contribution >= 4 is 29.6 Å². The first-order chi connectivity index (χ1) is 5.91. The molecule has 0 aliphatic heterocycles. The summed E-state index contributed by atoms with van der Waals surface area (Å²) in [5, 5.41) is 0. The molecule has 0 nitrogen and oxygen atoms in total. The van der Waals surface area contributed by atoms with Crippen LogP contribution < -0.4 is 0 Å². The van der Waals surface area contributed by atoms with Gasteiger partial charge in [0.1, 0.15) is 0 Å². The molecule has 0 heterocycles. The summed E-state index contributed by atoms with van der Waals surface area (Å²) in [4.78, 5) is 0. The van der Waals surface area contributed by atoms with Gasteiger partial charge < -0.3 is 0 Å². The van der Waals surface area contributed by atoms with Crippen LogP contribution in [0.15, 0.2) is 0 Å². The van der Waals surface area contributed by atoms with Crippen molar-refractivity contribution in [2.45, 2.75) is 71.6 Å². The molecule has 0 spiro atoms. The van der Waals surface area contributed by atoms with E-state index in [9.17, 15) is 0 Å². The van der Waals surface area contributed by atoms with Crippen molar-refractivity contribution in [1.82, 2.24) is 0 Å². The molecule has 0 atom stereocenters. The summed E-state index contributed by atoms with van der Waals surface area (Å²) in [6.45, 7) is 4.43. The normalized spacial score (nSPS) is 9.69. The summed E-state index contributed by atoms with van der Waals surface area (Å²) >= 11 is 0. The van der Waals surface area contributed by atoms with Gasteiger partial charge >= 0.3 is 29.6 Å². The summed E-state index contributed by atoms with van der Waals surface area (Å²) < 4.78 is 0. The molecular formula is C12H26Na. The Bertz CT molecular complexity index is 61.5. The van der Waals surface area contributed by atoms with Crippen LogP contribution in [0.2, 0.25) is 0 Å².